The highest BCUT2D eigenvalue weighted by Crippen LogP contribution is 2.35. The summed E-state index contributed by atoms with van der Waals surface area (Å²) in [5, 5.41) is 0.686. The Labute approximate surface area is 131 Å². The second-order valence-corrected chi connectivity index (χ2v) is 5.63. The molecule has 112 valence electrons. The molecule has 0 amide bonds. The van der Waals surface area contributed by atoms with E-state index in [-0.39, 0.29) is 5.97 Å². The Kier molecular flexibility index (Phi) is 4.73. The van der Waals surface area contributed by atoms with Crippen LogP contribution in [-0.4, -0.2) is 19.2 Å². The van der Waals surface area contributed by atoms with Crippen molar-refractivity contribution in [3.8, 4) is 5.75 Å². The molecular weight excluding hydrogens is 336 g/mol. The van der Waals surface area contributed by atoms with Crippen molar-refractivity contribution in [2.45, 2.75) is 20.8 Å². The molecule has 0 spiro atoms. The summed E-state index contributed by atoms with van der Waals surface area (Å²) < 4.78 is 17.1. The van der Waals surface area contributed by atoms with Crippen LogP contribution in [0.15, 0.2) is 33.2 Å². The highest BCUT2D eigenvalue weighted by Gasteiger charge is 2.21. The van der Waals surface area contributed by atoms with Crippen molar-refractivity contribution in [2.24, 2.45) is 0 Å². The van der Waals surface area contributed by atoms with Gasteiger partial charge in [0.25, 0.3) is 0 Å². The maximum atomic E-state index is 12.1. The number of carbonyl (C=O) groups is 1. The van der Waals surface area contributed by atoms with Gasteiger partial charge in [0.1, 0.15) is 29.3 Å². The summed E-state index contributed by atoms with van der Waals surface area (Å²) in [6.45, 7) is 9.94. The summed E-state index contributed by atoms with van der Waals surface area (Å²) in [5.41, 5.74) is 1.97. The fourth-order valence-electron chi connectivity index (χ4n) is 1.99. The van der Waals surface area contributed by atoms with Crippen LogP contribution in [0.3, 0.4) is 0 Å². The van der Waals surface area contributed by atoms with Crippen LogP contribution in [0, 0.1) is 6.92 Å². The van der Waals surface area contributed by atoms with Crippen molar-refractivity contribution in [3.63, 3.8) is 0 Å². The average Bonchev–Trinajstić information content (AvgIpc) is 2.71. The summed E-state index contributed by atoms with van der Waals surface area (Å²) in [7, 11) is 0. The van der Waals surface area contributed by atoms with E-state index >= 15 is 0 Å². The summed E-state index contributed by atoms with van der Waals surface area (Å²) in [6, 6.07) is 3.57. The number of esters is 1. The molecule has 1 heterocycles. The highest BCUT2D eigenvalue weighted by molar-refractivity contribution is 9.10. The first-order valence-electron chi connectivity index (χ1n) is 6.61. The maximum absolute atomic E-state index is 12.1. The average molecular weight is 353 g/mol. The molecule has 2 aromatic rings. The zero-order valence-electron chi connectivity index (χ0n) is 12.3. The van der Waals surface area contributed by atoms with E-state index in [4.69, 9.17) is 13.9 Å². The smallest absolute Gasteiger partial charge is 0.342 e. The fraction of sp³-hybridized carbons (Fsp3) is 0.312. The Morgan fingerprint density at radius 1 is 1.43 bits per heavy atom. The molecule has 0 N–H and O–H groups in total. The van der Waals surface area contributed by atoms with Crippen LogP contribution in [0.25, 0.3) is 11.0 Å². The number of fused-ring (bicyclic) bond motifs is 1. The number of hydrogen-bond donors (Lipinski definition) is 0. The molecule has 5 heteroatoms. The minimum absolute atomic E-state index is 0.320. The van der Waals surface area contributed by atoms with Crippen LogP contribution in [0.5, 0.6) is 5.75 Å². The number of rotatable bonds is 5. The van der Waals surface area contributed by atoms with Crippen LogP contribution in [0.1, 0.15) is 30.0 Å². The third kappa shape index (κ3) is 3.29. The van der Waals surface area contributed by atoms with E-state index in [1.165, 1.54) is 0 Å². The predicted octanol–water partition coefficient (Wildman–Crippen LogP) is 4.64. The van der Waals surface area contributed by atoms with Crippen LogP contribution < -0.4 is 4.74 Å². The van der Waals surface area contributed by atoms with Gasteiger partial charge in [-0.15, -0.1) is 0 Å². The quantitative estimate of drug-likeness (QED) is 0.581. The van der Waals surface area contributed by atoms with Crippen LogP contribution in [-0.2, 0) is 4.74 Å². The molecule has 0 aliphatic carbocycles. The number of aryl methyl sites for hydroxylation is 1. The van der Waals surface area contributed by atoms with Gasteiger partial charge in [0.05, 0.1) is 11.1 Å². The molecule has 0 aliphatic heterocycles. The monoisotopic (exact) mass is 352 g/mol. The fourth-order valence-corrected chi connectivity index (χ4v) is 2.43. The van der Waals surface area contributed by atoms with Crippen LogP contribution in [0.2, 0.25) is 0 Å². The van der Waals surface area contributed by atoms with E-state index in [2.05, 4.69) is 22.5 Å². The van der Waals surface area contributed by atoms with Crippen molar-refractivity contribution >= 4 is 32.9 Å². The van der Waals surface area contributed by atoms with Gasteiger partial charge in [0.15, 0.2) is 0 Å². The highest BCUT2D eigenvalue weighted by atomic mass is 79.9. The minimum atomic E-state index is -0.387. The van der Waals surface area contributed by atoms with Crippen LogP contribution in [0.4, 0.5) is 0 Å². The van der Waals surface area contributed by atoms with Gasteiger partial charge in [-0.2, -0.15) is 0 Å². The Morgan fingerprint density at radius 3 is 2.76 bits per heavy atom. The van der Waals surface area contributed by atoms with Gasteiger partial charge in [-0.3, -0.25) is 0 Å². The molecular formula is C16H17BrO4. The molecule has 0 saturated carbocycles. The van der Waals surface area contributed by atoms with E-state index < -0.39 is 0 Å². The van der Waals surface area contributed by atoms with Crippen molar-refractivity contribution in [2.75, 3.05) is 13.2 Å². The normalized spacial score (nSPS) is 10.7. The molecule has 1 aromatic carbocycles. The second-order valence-electron chi connectivity index (χ2n) is 4.78. The lowest BCUT2D eigenvalue weighted by Gasteiger charge is -2.08. The van der Waals surface area contributed by atoms with Crippen LogP contribution >= 0.6 is 15.9 Å². The lowest BCUT2D eigenvalue weighted by atomic mass is 10.1. The van der Waals surface area contributed by atoms with Gasteiger partial charge in [-0.05, 0) is 54.4 Å². The van der Waals surface area contributed by atoms with Crippen molar-refractivity contribution in [1.82, 2.24) is 0 Å². The van der Waals surface area contributed by atoms with Crippen molar-refractivity contribution < 1.29 is 18.7 Å². The van der Waals surface area contributed by atoms with Gasteiger partial charge in [0, 0.05) is 5.39 Å². The zero-order valence-corrected chi connectivity index (χ0v) is 13.9. The Bertz CT molecular complexity index is 700. The third-order valence-corrected chi connectivity index (χ3v) is 3.49. The molecule has 0 aliphatic rings. The number of halogens is 1. The molecule has 0 fully saturated rings. The number of ether oxygens (including phenoxy) is 2. The van der Waals surface area contributed by atoms with Gasteiger partial charge in [-0.25, -0.2) is 4.79 Å². The largest absolute Gasteiger partial charge is 0.488 e. The van der Waals surface area contributed by atoms with E-state index in [9.17, 15) is 4.79 Å². The molecule has 0 bridgehead atoms. The van der Waals surface area contributed by atoms with Gasteiger partial charge >= 0.3 is 5.97 Å². The summed E-state index contributed by atoms with van der Waals surface area (Å²) in [4.78, 5) is 12.1. The number of furan rings is 1. The molecule has 0 saturated heterocycles. The maximum Gasteiger partial charge on any atom is 0.342 e. The molecule has 0 unspecified atom stereocenters. The van der Waals surface area contributed by atoms with E-state index in [1.807, 2.05) is 6.92 Å². The first-order chi connectivity index (χ1) is 9.93. The minimum Gasteiger partial charge on any atom is -0.488 e. The Morgan fingerprint density at radius 2 is 2.14 bits per heavy atom. The first-order valence-corrected chi connectivity index (χ1v) is 7.40. The third-order valence-electron chi connectivity index (χ3n) is 2.87. The zero-order chi connectivity index (χ0) is 15.6. The first kappa shape index (κ1) is 15.6. The molecule has 2 rings (SSSR count). The van der Waals surface area contributed by atoms with E-state index in [0.717, 1.165) is 10.0 Å². The lowest BCUT2D eigenvalue weighted by molar-refractivity contribution is 0.0526. The van der Waals surface area contributed by atoms with Gasteiger partial charge in [0.2, 0.25) is 0 Å². The summed E-state index contributed by atoms with van der Waals surface area (Å²) in [6.07, 6.45) is 0. The Balaban J connectivity index is 2.50. The Hall–Kier alpha value is -1.75. The van der Waals surface area contributed by atoms with Gasteiger partial charge in [-0.1, -0.05) is 6.58 Å². The predicted molar refractivity (Wildman–Crippen MR) is 84.9 cm³/mol. The molecule has 0 radical (unpaired) electrons. The molecule has 0 atom stereocenters. The van der Waals surface area contributed by atoms with E-state index in [1.54, 1.807) is 26.0 Å². The van der Waals surface area contributed by atoms with Crippen molar-refractivity contribution in [3.05, 3.63) is 40.1 Å². The van der Waals surface area contributed by atoms with E-state index in [0.29, 0.717) is 41.3 Å². The molecule has 21 heavy (non-hydrogen) atoms. The van der Waals surface area contributed by atoms with Crippen molar-refractivity contribution in [1.29, 1.82) is 0 Å². The molecule has 4 nitrogen and oxygen atoms in total. The number of carbonyl (C=O) groups excluding carboxylic acids is 1. The summed E-state index contributed by atoms with van der Waals surface area (Å²) >= 11 is 3.44. The second kappa shape index (κ2) is 6.35. The number of benzene rings is 1. The molecule has 1 aromatic heterocycles. The standard InChI is InChI=1S/C16H17BrO4/c1-5-19-16(18)15-10(4)21-13-7-12(17)14(6-11(13)15)20-8-9(2)3/h6-7H,2,5,8H2,1,3-4H3. The topological polar surface area (TPSA) is 48.7 Å². The SMILES string of the molecule is C=C(C)COc1cc2c(C(=O)OCC)c(C)oc2cc1Br. The number of hydrogen-bond acceptors (Lipinski definition) is 4. The lowest BCUT2D eigenvalue weighted by Crippen LogP contribution is -2.05. The van der Waals surface area contributed by atoms with Gasteiger partial charge < -0.3 is 13.9 Å². The summed E-state index contributed by atoms with van der Waals surface area (Å²) in [5.74, 6) is 0.783.